The van der Waals surface area contributed by atoms with Crippen LogP contribution >= 0.6 is 24.8 Å². The summed E-state index contributed by atoms with van der Waals surface area (Å²) in [6, 6.07) is 9.50. The number of benzene rings is 1. The zero-order chi connectivity index (χ0) is 12.8. The van der Waals surface area contributed by atoms with E-state index in [-0.39, 0.29) is 30.7 Å². The average molecular weight is 320 g/mol. The first-order valence-electron chi connectivity index (χ1n) is 6.58. The lowest BCUT2D eigenvalue weighted by Crippen LogP contribution is -2.49. The lowest BCUT2D eigenvalue weighted by molar-refractivity contribution is 0.0636. The van der Waals surface area contributed by atoms with Gasteiger partial charge in [0.25, 0.3) is 5.91 Å². The number of nitrogens with zero attached hydrogens (tertiary/aromatic N) is 2. The molecule has 1 saturated heterocycles. The molecule has 0 atom stereocenters. The maximum atomic E-state index is 12.2. The summed E-state index contributed by atoms with van der Waals surface area (Å²) in [4.78, 5) is 16.5. The van der Waals surface area contributed by atoms with Gasteiger partial charge in [0.15, 0.2) is 0 Å². The van der Waals surface area contributed by atoms with Crippen LogP contribution in [0.15, 0.2) is 30.3 Å². The molecule has 0 aliphatic carbocycles. The SMILES string of the molecule is Cl.Cl.NCCCN1CCN(C(=O)c2ccccc2)CC1. The van der Waals surface area contributed by atoms with Gasteiger partial charge in [-0.1, -0.05) is 18.2 Å². The van der Waals surface area contributed by atoms with Crippen LogP contribution < -0.4 is 5.73 Å². The lowest BCUT2D eigenvalue weighted by atomic mass is 10.2. The minimum atomic E-state index is 0. The van der Waals surface area contributed by atoms with E-state index in [2.05, 4.69) is 4.90 Å². The predicted molar refractivity (Wildman–Crippen MR) is 87.0 cm³/mol. The maximum Gasteiger partial charge on any atom is 0.253 e. The van der Waals surface area contributed by atoms with Crippen LogP contribution in [-0.2, 0) is 0 Å². The summed E-state index contributed by atoms with van der Waals surface area (Å²) in [6.07, 6.45) is 1.03. The molecule has 1 fully saturated rings. The molecule has 2 N–H and O–H groups in total. The molecular weight excluding hydrogens is 297 g/mol. The largest absolute Gasteiger partial charge is 0.336 e. The molecule has 6 heteroatoms. The highest BCUT2D eigenvalue weighted by atomic mass is 35.5. The molecule has 0 aromatic heterocycles. The Kier molecular flexibility index (Phi) is 9.59. The molecule has 4 nitrogen and oxygen atoms in total. The van der Waals surface area contributed by atoms with Gasteiger partial charge in [-0.3, -0.25) is 9.69 Å². The highest BCUT2D eigenvalue weighted by Gasteiger charge is 2.21. The summed E-state index contributed by atoms with van der Waals surface area (Å²) in [5.41, 5.74) is 6.29. The molecule has 1 heterocycles. The Morgan fingerprint density at radius 2 is 1.65 bits per heavy atom. The minimum absolute atomic E-state index is 0. The monoisotopic (exact) mass is 319 g/mol. The summed E-state index contributed by atoms with van der Waals surface area (Å²) < 4.78 is 0. The van der Waals surface area contributed by atoms with Gasteiger partial charge in [0.1, 0.15) is 0 Å². The summed E-state index contributed by atoms with van der Waals surface area (Å²) in [5, 5.41) is 0. The Morgan fingerprint density at radius 1 is 1.05 bits per heavy atom. The van der Waals surface area contributed by atoms with Gasteiger partial charge in [-0.05, 0) is 31.6 Å². The van der Waals surface area contributed by atoms with Crippen molar-refractivity contribution in [2.24, 2.45) is 5.73 Å². The molecule has 0 radical (unpaired) electrons. The van der Waals surface area contributed by atoms with Gasteiger partial charge in [0.05, 0.1) is 0 Å². The molecule has 2 rings (SSSR count). The third-order valence-electron chi connectivity index (χ3n) is 3.36. The summed E-state index contributed by atoms with van der Waals surface area (Å²) in [5.74, 6) is 0.147. The van der Waals surface area contributed by atoms with Crippen molar-refractivity contribution >= 4 is 30.7 Å². The molecule has 0 bridgehead atoms. The highest BCUT2D eigenvalue weighted by molar-refractivity contribution is 5.94. The number of carbonyl (C=O) groups excluding carboxylic acids is 1. The molecule has 1 aromatic carbocycles. The van der Waals surface area contributed by atoms with Crippen molar-refractivity contribution in [3.05, 3.63) is 35.9 Å². The van der Waals surface area contributed by atoms with Crippen molar-refractivity contribution in [3.8, 4) is 0 Å². The van der Waals surface area contributed by atoms with E-state index in [1.54, 1.807) is 0 Å². The van der Waals surface area contributed by atoms with Crippen LogP contribution in [0.2, 0.25) is 0 Å². The minimum Gasteiger partial charge on any atom is -0.336 e. The fraction of sp³-hybridized carbons (Fsp3) is 0.500. The zero-order valence-electron chi connectivity index (χ0n) is 11.5. The molecule has 114 valence electrons. The van der Waals surface area contributed by atoms with Crippen LogP contribution in [-0.4, -0.2) is 55.0 Å². The van der Waals surface area contributed by atoms with Gasteiger partial charge in [0.2, 0.25) is 0 Å². The number of hydrogen-bond donors (Lipinski definition) is 1. The first kappa shape index (κ1) is 19.2. The first-order valence-corrected chi connectivity index (χ1v) is 6.58. The van der Waals surface area contributed by atoms with Crippen LogP contribution in [0.1, 0.15) is 16.8 Å². The van der Waals surface area contributed by atoms with E-state index in [0.29, 0.717) is 0 Å². The third-order valence-corrected chi connectivity index (χ3v) is 3.36. The molecule has 1 amide bonds. The second kappa shape index (κ2) is 10.00. The molecule has 0 spiro atoms. The summed E-state index contributed by atoms with van der Waals surface area (Å²) >= 11 is 0. The van der Waals surface area contributed by atoms with E-state index >= 15 is 0 Å². The molecule has 0 saturated carbocycles. The van der Waals surface area contributed by atoms with E-state index in [0.717, 1.165) is 51.3 Å². The van der Waals surface area contributed by atoms with E-state index in [1.165, 1.54) is 0 Å². The normalized spacial score (nSPS) is 15.2. The Balaban J connectivity index is 0.00000180. The third kappa shape index (κ3) is 5.29. The molecule has 20 heavy (non-hydrogen) atoms. The Hall–Kier alpha value is -0.810. The van der Waals surface area contributed by atoms with Gasteiger partial charge in [-0.15, -0.1) is 24.8 Å². The van der Waals surface area contributed by atoms with Crippen LogP contribution in [0.25, 0.3) is 0 Å². The van der Waals surface area contributed by atoms with Gasteiger partial charge in [-0.25, -0.2) is 0 Å². The van der Waals surface area contributed by atoms with Crippen molar-refractivity contribution in [2.75, 3.05) is 39.3 Å². The molecule has 0 unspecified atom stereocenters. The van der Waals surface area contributed by atoms with Gasteiger partial charge >= 0.3 is 0 Å². The fourth-order valence-corrected chi connectivity index (χ4v) is 2.25. The number of halogens is 2. The molecule has 1 aliphatic heterocycles. The number of hydrogen-bond acceptors (Lipinski definition) is 3. The highest BCUT2D eigenvalue weighted by Crippen LogP contribution is 2.08. The van der Waals surface area contributed by atoms with Crippen LogP contribution in [0.4, 0.5) is 0 Å². The standard InChI is InChI=1S/C14H21N3O.2ClH/c15-7-4-8-16-9-11-17(12-10-16)14(18)13-5-2-1-3-6-13;;/h1-3,5-6H,4,7-12,15H2;2*1H. The van der Waals surface area contributed by atoms with Gasteiger partial charge in [-0.2, -0.15) is 0 Å². The quantitative estimate of drug-likeness (QED) is 0.917. The predicted octanol–water partition coefficient (Wildman–Crippen LogP) is 1.64. The van der Waals surface area contributed by atoms with E-state index in [9.17, 15) is 4.79 Å². The fourth-order valence-electron chi connectivity index (χ4n) is 2.25. The first-order chi connectivity index (χ1) is 8.81. The van der Waals surface area contributed by atoms with Crippen molar-refractivity contribution in [1.29, 1.82) is 0 Å². The summed E-state index contributed by atoms with van der Waals surface area (Å²) in [7, 11) is 0. The number of rotatable bonds is 4. The second-order valence-corrected chi connectivity index (χ2v) is 4.64. The van der Waals surface area contributed by atoms with E-state index < -0.39 is 0 Å². The van der Waals surface area contributed by atoms with E-state index in [4.69, 9.17) is 5.73 Å². The second-order valence-electron chi connectivity index (χ2n) is 4.64. The Morgan fingerprint density at radius 3 is 2.20 bits per heavy atom. The summed E-state index contributed by atoms with van der Waals surface area (Å²) in [6.45, 7) is 5.33. The van der Waals surface area contributed by atoms with Gasteiger partial charge < -0.3 is 10.6 Å². The number of piperazine rings is 1. The number of carbonyl (C=O) groups is 1. The zero-order valence-corrected chi connectivity index (χ0v) is 13.2. The van der Waals surface area contributed by atoms with Gasteiger partial charge in [0, 0.05) is 31.7 Å². The topological polar surface area (TPSA) is 49.6 Å². The number of nitrogens with two attached hydrogens (primary N) is 1. The maximum absolute atomic E-state index is 12.2. The van der Waals surface area contributed by atoms with Crippen LogP contribution in [0.5, 0.6) is 0 Å². The smallest absolute Gasteiger partial charge is 0.253 e. The molecule has 1 aromatic rings. The number of amides is 1. The van der Waals surface area contributed by atoms with Crippen molar-refractivity contribution in [3.63, 3.8) is 0 Å². The average Bonchev–Trinajstić information content (AvgIpc) is 2.46. The van der Waals surface area contributed by atoms with Crippen molar-refractivity contribution in [2.45, 2.75) is 6.42 Å². The van der Waals surface area contributed by atoms with Crippen LogP contribution in [0.3, 0.4) is 0 Å². The van der Waals surface area contributed by atoms with Crippen molar-refractivity contribution in [1.82, 2.24) is 9.80 Å². The molecule has 1 aliphatic rings. The van der Waals surface area contributed by atoms with Crippen molar-refractivity contribution < 1.29 is 4.79 Å². The molecular formula is C14H23Cl2N3O. The Labute approximate surface area is 133 Å². The Bertz CT molecular complexity index is 381. The van der Waals surface area contributed by atoms with E-state index in [1.807, 2.05) is 35.2 Å². The lowest BCUT2D eigenvalue weighted by Gasteiger charge is -2.34. The van der Waals surface area contributed by atoms with Crippen LogP contribution in [0, 0.1) is 0 Å².